The Labute approximate surface area is 175 Å². The minimum absolute atomic E-state index is 0.129. The van der Waals surface area contributed by atoms with E-state index in [1.807, 2.05) is 19.1 Å². The lowest BCUT2D eigenvalue weighted by Crippen LogP contribution is -2.53. The minimum Gasteiger partial charge on any atom is -0.385 e. The number of hydrogen-bond acceptors (Lipinski definition) is 5. The number of urea groups is 1. The molecule has 4 N–H and O–H groups in total. The quantitative estimate of drug-likeness (QED) is 0.585. The highest BCUT2D eigenvalue weighted by Crippen LogP contribution is 2.45. The minimum atomic E-state index is -1.09. The zero-order chi connectivity index (χ0) is 21.0. The van der Waals surface area contributed by atoms with E-state index in [0.29, 0.717) is 24.7 Å². The largest absolute Gasteiger partial charge is 0.385 e. The molecule has 2 heterocycles. The Bertz CT molecular complexity index is 910. The van der Waals surface area contributed by atoms with Gasteiger partial charge < -0.3 is 21.1 Å². The number of nitrogens with one attached hydrogen (secondary N) is 2. The lowest BCUT2D eigenvalue weighted by atomic mass is 9.89. The molecule has 0 aromatic heterocycles. The summed E-state index contributed by atoms with van der Waals surface area (Å²) in [5.41, 5.74) is 7.43. The molecule has 3 atom stereocenters. The highest BCUT2D eigenvalue weighted by Gasteiger charge is 2.59. The number of carbonyl (C=O) groups excluding carboxylic acids is 3. The van der Waals surface area contributed by atoms with E-state index >= 15 is 0 Å². The molecule has 1 aromatic rings. The molecule has 2 saturated heterocycles. The second kappa shape index (κ2) is 6.97. The number of fused-ring (bicyclic) bond motifs is 2. The summed E-state index contributed by atoms with van der Waals surface area (Å²) in [5.74, 6) is -0.226. The Morgan fingerprint density at radius 2 is 2.13 bits per heavy atom. The van der Waals surface area contributed by atoms with Gasteiger partial charge in [-0.3, -0.25) is 9.59 Å². The maximum Gasteiger partial charge on any atom is 0.326 e. The number of benzene rings is 1. The SMILES string of the molecule is C[C@@H](C1CC1)C(C(N)=O)N1C(=O)NC2(CCc3cc(NCC4COC4)ccc32)C1=O. The summed E-state index contributed by atoms with van der Waals surface area (Å²) in [7, 11) is 0. The summed E-state index contributed by atoms with van der Waals surface area (Å²) in [6.07, 6.45) is 3.19. The van der Waals surface area contributed by atoms with Crippen LogP contribution in [0.5, 0.6) is 0 Å². The molecule has 2 aliphatic carbocycles. The van der Waals surface area contributed by atoms with Crippen molar-refractivity contribution in [3.63, 3.8) is 0 Å². The molecule has 8 heteroatoms. The number of imide groups is 1. The van der Waals surface area contributed by atoms with Crippen molar-refractivity contribution in [1.82, 2.24) is 10.2 Å². The summed E-state index contributed by atoms with van der Waals surface area (Å²) in [5, 5.41) is 6.34. The van der Waals surface area contributed by atoms with E-state index in [9.17, 15) is 14.4 Å². The zero-order valence-corrected chi connectivity index (χ0v) is 17.1. The van der Waals surface area contributed by atoms with Crippen LogP contribution in [0.15, 0.2) is 18.2 Å². The van der Waals surface area contributed by atoms with Gasteiger partial charge in [-0.15, -0.1) is 0 Å². The Balaban J connectivity index is 1.40. The lowest BCUT2D eigenvalue weighted by Gasteiger charge is -2.29. The van der Waals surface area contributed by atoms with Crippen molar-refractivity contribution in [2.75, 3.05) is 25.1 Å². The van der Waals surface area contributed by atoms with E-state index in [1.165, 1.54) is 0 Å². The second-order valence-corrected chi connectivity index (χ2v) is 9.21. The van der Waals surface area contributed by atoms with Gasteiger partial charge in [0.1, 0.15) is 11.6 Å². The third-order valence-corrected chi connectivity index (χ3v) is 7.19. The predicted octanol–water partition coefficient (Wildman–Crippen LogP) is 1.34. The number of aryl methyl sites for hydroxylation is 1. The number of nitrogens with zero attached hydrogens (tertiary/aromatic N) is 1. The highest BCUT2D eigenvalue weighted by molar-refractivity contribution is 6.10. The van der Waals surface area contributed by atoms with E-state index in [2.05, 4.69) is 16.7 Å². The van der Waals surface area contributed by atoms with E-state index in [1.54, 1.807) is 0 Å². The van der Waals surface area contributed by atoms with Gasteiger partial charge in [-0.25, -0.2) is 9.69 Å². The topological polar surface area (TPSA) is 114 Å². The van der Waals surface area contributed by atoms with E-state index in [-0.39, 0.29) is 11.8 Å². The van der Waals surface area contributed by atoms with Gasteiger partial charge in [0.15, 0.2) is 0 Å². The van der Waals surface area contributed by atoms with Gasteiger partial charge in [-0.05, 0) is 60.8 Å². The second-order valence-electron chi connectivity index (χ2n) is 9.21. The molecule has 0 bridgehead atoms. The first-order valence-corrected chi connectivity index (χ1v) is 10.8. The average Bonchev–Trinajstić information content (AvgIpc) is 3.42. The van der Waals surface area contributed by atoms with Crippen molar-refractivity contribution >= 4 is 23.5 Å². The number of nitrogens with two attached hydrogens (primary N) is 1. The molecular formula is C22H28N4O4. The van der Waals surface area contributed by atoms with Crippen LogP contribution in [0, 0.1) is 17.8 Å². The maximum atomic E-state index is 13.5. The first-order valence-electron chi connectivity index (χ1n) is 10.8. The van der Waals surface area contributed by atoms with E-state index in [4.69, 9.17) is 10.5 Å². The third kappa shape index (κ3) is 2.96. The molecular weight excluding hydrogens is 384 g/mol. The standard InChI is InChI=1S/C22H28N4O4/c1-12(14-2-3-14)18(19(23)27)26-20(28)22(25-21(26)29)7-6-15-8-16(4-5-17(15)22)24-9-13-10-30-11-13/h4-5,8,12-14,18,24H,2-3,6-7,9-11H2,1H3,(H2,23,27)(H,25,29)/t12-,18?,22?/m0/s1. The first kappa shape index (κ1) is 19.4. The summed E-state index contributed by atoms with van der Waals surface area (Å²) >= 11 is 0. The van der Waals surface area contributed by atoms with Crippen LogP contribution in [0.4, 0.5) is 10.5 Å². The van der Waals surface area contributed by atoms with Gasteiger partial charge in [-0.1, -0.05) is 13.0 Å². The van der Waals surface area contributed by atoms with Crippen LogP contribution < -0.4 is 16.4 Å². The van der Waals surface area contributed by atoms with Gasteiger partial charge in [0, 0.05) is 18.2 Å². The summed E-state index contributed by atoms with van der Waals surface area (Å²) in [6.45, 7) is 4.34. The van der Waals surface area contributed by atoms with Gasteiger partial charge in [-0.2, -0.15) is 0 Å². The molecule has 4 amide bonds. The Morgan fingerprint density at radius 1 is 1.37 bits per heavy atom. The molecule has 8 nitrogen and oxygen atoms in total. The fraction of sp³-hybridized carbons (Fsp3) is 0.591. The fourth-order valence-electron chi connectivity index (χ4n) is 5.15. The molecule has 0 radical (unpaired) electrons. The number of anilines is 1. The predicted molar refractivity (Wildman–Crippen MR) is 109 cm³/mol. The number of hydrogen-bond donors (Lipinski definition) is 3. The molecule has 1 saturated carbocycles. The zero-order valence-electron chi connectivity index (χ0n) is 17.1. The molecule has 30 heavy (non-hydrogen) atoms. The molecule has 160 valence electrons. The summed E-state index contributed by atoms with van der Waals surface area (Å²) in [4.78, 5) is 39.8. The Kier molecular flexibility index (Phi) is 4.50. The Hall–Kier alpha value is -2.61. The average molecular weight is 412 g/mol. The van der Waals surface area contributed by atoms with Gasteiger partial charge in [0.25, 0.3) is 5.91 Å². The van der Waals surface area contributed by atoms with Crippen LogP contribution in [0.1, 0.15) is 37.3 Å². The Morgan fingerprint density at radius 3 is 2.77 bits per heavy atom. The molecule has 3 fully saturated rings. The van der Waals surface area contributed by atoms with E-state index < -0.39 is 23.5 Å². The maximum absolute atomic E-state index is 13.5. The van der Waals surface area contributed by atoms with Crippen molar-refractivity contribution in [3.05, 3.63) is 29.3 Å². The summed E-state index contributed by atoms with van der Waals surface area (Å²) < 4.78 is 5.21. The van der Waals surface area contributed by atoms with Crippen molar-refractivity contribution in [3.8, 4) is 0 Å². The first-order chi connectivity index (χ1) is 14.4. The molecule has 1 spiro atoms. The number of carbonyl (C=O) groups is 3. The van der Waals surface area contributed by atoms with Crippen molar-refractivity contribution < 1.29 is 19.1 Å². The highest BCUT2D eigenvalue weighted by atomic mass is 16.5. The van der Waals surface area contributed by atoms with E-state index in [0.717, 1.165) is 54.3 Å². The van der Waals surface area contributed by atoms with Crippen LogP contribution in [0.25, 0.3) is 0 Å². The van der Waals surface area contributed by atoms with Gasteiger partial charge in [0.2, 0.25) is 5.91 Å². The van der Waals surface area contributed by atoms with Gasteiger partial charge >= 0.3 is 6.03 Å². The monoisotopic (exact) mass is 412 g/mol. The number of primary amides is 1. The van der Waals surface area contributed by atoms with Crippen LogP contribution >= 0.6 is 0 Å². The van der Waals surface area contributed by atoms with Crippen LogP contribution in [0.2, 0.25) is 0 Å². The molecule has 4 aliphatic rings. The van der Waals surface area contributed by atoms with Crippen molar-refractivity contribution in [2.45, 2.75) is 44.2 Å². The normalized spacial score (nSPS) is 27.6. The number of rotatable bonds is 7. The molecule has 5 rings (SSSR count). The molecule has 2 aliphatic heterocycles. The third-order valence-electron chi connectivity index (χ3n) is 7.19. The smallest absolute Gasteiger partial charge is 0.326 e. The molecule has 2 unspecified atom stereocenters. The number of amides is 4. The molecule has 1 aromatic carbocycles. The lowest BCUT2D eigenvalue weighted by molar-refractivity contribution is -0.139. The van der Waals surface area contributed by atoms with Gasteiger partial charge in [0.05, 0.1) is 13.2 Å². The number of ether oxygens (including phenoxy) is 1. The van der Waals surface area contributed by atoms with Crippen LogP contribution in [-0.4, -0.2) is 48.5 Å². The van der Waals surface area contributed by atoms with Crippen molar-refractivity contribution in [1.29, 1.82) is 0 Å². The summed E-state index contributed by atoms with van der Waals surface area (Å²) in [6, 6.07) is 4.51. The van der Waals surface area contributed by atoms with Crippen LogP contribution in [0.3, 0.4) is 0 Å². The van der Waals surface area contributed by atoms with Crippen LogP contribution in [-0.2, 0) is 26.3 Å². The van der Waals surface area contributed by atoms with Crippen molar-refractivity contribution in [2.24, 2.45) is 23.5 Å². The fourth-order valence-corrected chi connectivity index (χ4v) is 5.15.